The normalized spacial score (nSPS) is 19.9. The van der Waals surface area contributed by atoms with Crippen molar-refractivity contribution < 1.29 is 0 Å². The summed E-state index contributed by atoms with van der Waals surface area (Å²) >= 11 is 9.42. The summed E-state index contributed by atoms with van der Waals surface area (Å²) in [4.78, 5) is 1.35. The molecule has 0 radical (unpaired) electrons. The Labute approximate surface area is 98.1 Å². The van der Waals surface area contributed by atoms with Crippen molar-refractivity contribution in [3.8, 4) is 0 Å². The van der Waals surface area contributed by atoms with Crippen LogP contribution in [0.1, 0.15) is 12.8 Å². The number of fused-ring (bicyclic) bond motifs is 1. The van der Waals surface area contributed by atoms with Gasteiger partial charge in [-0.2, -0.15) is 0 Å². The van der Waals surface area contributed by atoms with Gasteiger partial charge in [0, 0.05) is 10.8 Å². The Bertz CT molecular complexity index is 306. The second kappa shape index (κ2) is 5.19. The molecule has 1 heterocycles. The fourth-order valence-electron chi connectivity index (χ4n) is 1.31. The lowest BCUT2D eigenvalue weighted by Gasteiger charge is -2.24. The van der Waals surface area contributed by atoms with Gasteiger partial charge in [-0.15, -0.1) is 23.4 Å². The molecule has 14 heavy (non-hydrogen) atoms. The topological polar surface area (TPSA) is 12.0 Å². The third-order valence-corrected chi connectivity index (χ3v) is 4.81. The Kier molecular flexibility index (Phi) is 3.90. The van der Waals surface area contributed by atoms with Crippen molar-refractivity contribution >= 4 is 41.0 Å². The fourth-order valence-corrected chi connectivity index (χ4v) is 3.87. The van der Waals surface area contributed by atoms with Crippen LogP contribution in [0, 0.1) is 0 Å². The van der Waals surface area contributed by atoms with Crippen molar-refractivity contribution in [3.05, 3.63) is 24.3 Å². The molecular weight excluding hydrogens is 234 g/mol. The Morgan fingerprint density at radius 2 is 2.21 bits per heavy atom. The molecule has 1 atom stereocenters. The number of benzene rings is 1. The highest BCUT2D eigenvalue weighted by Crippen LogP contribution is 2.43. The molecule has 1 aliphatic heterocycles. The third kappa shape index (κ3) is 2.53. The van der Waals surface area contributed by atoms with Crippen molar-refractivity contribution in [3.63, 3.8) is 0 Å². The predicted octanol–water partition coefficient (Wildman–Crippen LogP) is 4.20. The second-order valence-electron chi connectivity index (χ2n) is 3.09. The number of para-hydroxylation sites is 1. The zero-order valence-corrected chi connectivity index (χ0v) is 10.1. The van der Waals surface area contributed by atoms with E-state index < -0.39 is 0 Å². The molecule has 1 nitrogen and oxygen atoms in total. The van der Waals surface area contributed by atoms with Crippen LogP contribution < -0.4 is 4.72 Å². The molecule has 0 fully saturated rings. The molecule has 2 rings (SSSR count). The van der Waals surface area contributed by atoms with Crippen molar-refractivity contribution in [1.29, 1.82) is 0 Å². The van der Waals surface area contributed by atoms with Gasteiger partial charge < -0.3 is 4.72 Å². The lowest BCUT2D eigenvalue weighted by Crippen LogP contribution is -2.07. The zero-order chi connectivity index (χ0) is 9.80. The van der Waals surface area contributed by atoms with Gasteiger partial charge in [0.15, 0.2) is 0 Å². The molecule has 1 unspecified atom stereocenters. The molecule has 0 spiro atoms. The first-order valence-electron chi connectivity index (χ1n) is 4.63. The minimum atomic E-state index is 0.601. The molecule has 1 aliphatic rings. The van der Waals surface area contributed by atoms with Crippen LogP contribution in [0.4, 0.5) is 5.69 Å². The van der Waals surface area contributed by atoms with Crippen LogP contribution in [0.2, 0.25) is 0 Å². The average molecular weight is 246 g/mol. The summed E-state index contributed by atoms with van der Waals surface area (Å²) in [5, 5.41) is 0. The highest BCUT2D eigenvalue weighted by Gasteiger charge is 2.18. The lowest BCUT2D eigenvalue weighted by molar-refractivity contribution is 0.875. The summed E-state index contributed by atoms with van der Waals surface area (Å²) in [6, 6.07) is 8.43. The van der Waals surface area contributed by atoms with Gasteiger partial charge in [-0.25, -0.2) is 0 Å². The molecule has 0 aliphatic carbocycles. The van der Waals surface area contributed by atoms with E-state index in [1.165, 1.54) is 17.0 Å². The number of halogens is 1. The second-order valence-corrected chi connectivity index (χ2v) is 6.02. The van der Waals surface area contributed by atoms with Crippen LogP contribution in [0.5, 0.6) is 0 Å². The first-order chi connectivity index (χ1) is 6.90. The van der Waals surface area contributed by atoms with E-state index in [1.54, 1.807) is 11.9 Å². The monoisotopic (exact) mass is 245 g/mol. The average Bonchev–Trinajstić information content (AvgIpc) is 2.26. The maximum atomic E-state index is 5.68. The standard InChI is InChI=1S/C10H12ClNS2/c11-7-3-6-10-13-9-5-2-1-4-8(9)12-14-10/h1-2,4-5,10,12H,3,6-7H2. The van der Waals surface area contributed by atoms with E-state index in [-0.39, 0.29) is 0 Å². The van der Waals surface area contributed by atoms with E-state index in [4.69, 9.17) is 11.6 Å². The number of nitrogens with one attached hydrogen (secondary N) is 1. The highest BCUT2D eigenvalue weighted by molar-refractivity contribution is 8.18. The Balaban J connectivity index is 1.99. The summed E-state index contributed by atoms with van der Waals surface area (Å²) in [6.07, 6.45) is 2.26. The molecule has 1 aromatic rings. The van der Waals surface area contributed by atoms with Crippen LogP contribution in [-0.4, -0.2) is 10.5 Å². The van der Waals surface area contributed by atoms with Crippen molar-refractivity contribution in [2.24, 2.45) is 0 Å². The predicted molar refractivity (Wildman–Crippen MR) is 67.3 cm³/mol. The van der Waals surface area contributed by atoms with Crippen LogP contribution in [0.25, 0.3) is 0 Å². The minimum absolute atomic E-state index is 0.601. The zero-order valence-electron chi connectivity index (χ0n) is 7.70. The van der Waals surface area contributed by atoms with E-state index >= 15 is 0 Å². The number of hydrogen-bond donors (Lipinski definition) is 1. The van der Waals surface area contributed by atoms with E-state index in [2.05, 4.69) is 29.0 Å². The van der Waals surface area contributed by atoms with Crippen molar-refractivity contribution in [1.82, 2.24) is 0 Å². The molecule has 0 amide bonds. The van der Waals surface area contributed by atoms with Crippen molar-refractivity contribution in [2.75, 3.05) is 10.6 Å². The molecule has 4 heteroatoms. The summed E-state index contributed by atoms with van der Waals surface area (Å²) in [5.74, 6) is 0.763. The van der Waals surface area contributed by atoms with Gasteiger partial charge in [-0.05, 0) is 36.9 Å². The fraction of sp³-hybridized carbons (Fsp3) is 0.400. The van der Waals surface area contributed by atoms with Crippen LogP contribution >= 0.6 is 35.3 Å². The van der Waals surface area contributed by atoms with Gasteiger partial charge >= 0.3 is 0 Å². The first-order valence-corrected chi connectivity index (χ1v) is 6.93. The maximum absolute atomic E-state index is 5.68. The van der Waals surface area contributed by atoms with E-state index in [0.29, 0.717) is 4.58 Å². The Morgan fingerprint density at radius 1 is 1.36 bits per heavy atom. The smallest absolute Gasteiger partial charge is 0.0748 e. The number of thioether (sulfide) groups is 1. The lowest BCUT2D eigenvalue weighted by atomic mass is 10.3. The maximum Gasteiger partial charge on any atom is 0.0748 e. The SMILES string of the molecule is ClCCCC1SNc2ccccc2S1. The van der Waals surface area contributed by atoms with Gasteiger partial charge in [-0.3, -0.25) is 0 Å². The number of rotatable bonds is 3. The van der Waals surface area contributed by atoms with E-state index in [0.717, 1.165) is 12.3 Å². The molecule has 0 saturated carbocycles. The first kappa shape index (κ1) is 10.5. The summed E-state index contributed by atoms with van der Waals surface area (Å²) in [5.41, 5.74) is 1.24. The van der Waals surface area contributed by atoms with E-state index in [1.807, 2.05) is 11.8 Å². The molecule has 76 valence electrons. The van der Waals surface area contributed by atoms with Crippen molar-refractivity contribution in [2.45, 2.75) is 22.3 Å². The Morgan fingerprint density at radius 3 is 3.07 bits per heavy atom. The quantitative estimate of drug-likeness (QED) is 0.633. The molecule has 1 N–H and O–H groups in total. The summed E-state index contributed by atoms with van der Waals surface area (Å²) < 4.78 is 3.97. The number of alkyl halides is 1. The molecule has 0 saturated heterocycles. The molecule has 1 aromatic carbocycles. The van der Waals surface area contributed by atoms with Gasteiger partial charge in [0.2, 0.25) is 0 Å². The minimum Gasteiger partial charge on any atom is -0.328 e. The molecular formula is C10H12ClNS2. The number of hydrogen-bond acceptors (Lipinski definition) is 3. The summed E-state index contributed by atoms with van der Waals surface area (Å²) in [6.45, 7) is 0. The van der Waals surface area contributed by atoms with Crippen LogP contribution in [0.3, 0.4) is 0 Å². The summed E-state index contributed by atoms with van der Waals surface area (Å²) in [7, 11) is 0. The van der Waals surface area contributed by atoms with Gasteiger partial charge in [0.1, 0.15) is 0 Å². The van der Waals surface area contributed by atoms with Gasteiger partial charge in [0.25, 0.3) is 0 Å². The third-order valence-electron chi connectivity index (χ3n) is 2.02. The van der Waals surface area contributed by atoms with Crippen LogP contribution in [-0.2, 0) is 0 Å². The Hall–Kier alpha value is 0.01000. The van der Waals surface area contributed by atoms with Gasteiger partial charge in [0.05, 0.1) is 10.3 Å². The van der Waals surface area contributed by atoms with Crippen LogP contribution in [0.15, 0.2) is 29.2 Å². The molecule has 0 bridgehead atoms. The number of anilines is 1. The van der Waals surface area contributed by atoms with E-state index in [9.17, 15) is 0 Å². The highest BCUT2D eigenvalue weighted by atomic mass is 35.5. The molecule has 0 aromatic heterocycles. The van der Waals surface area contributed by atoms with Gasteiger partial charge in [-0.1, -0.05) is 12.1 Å². The largest absolute Gasteiger partial charge is 0.328 e.